The average molecular weight is 278 g/mol. The third-order valence-electron chi connectivity index (χ3n) is 1.41. The van der Waals surface area contributed by atoms with Crippen molar-refractivity contribution < 1.29 is 15.0 Å². The lowest BCUT2D eigenvalue weighted by Crippen LogP contribution is -2.00. The van der Waals surface area contributed by atoms with E-state index in [1.807, 2.05) is 22.6 Å². The Kier molecular flexibility index (Phi) is 2.91. The fourth-order valence-corrected chi connectivity index (χ4v) is 1.42. The molecule has 64 valence electrons. The van der Waals surface area contributed by atoms with Gasteiger partial charge in [0.15, 0.2) is 0 Å². The van der Waals surface area contributed by atoms with Gasteiger partial charge in [0.05, 0.1) is 9.99 Å². The lowest BCUT2D eigenvalue weighted by molar-refractivity contribution is -0.136. The van der Waals surface area contributed by atoms with Gasteiger partial charge in [0.1, 0.15) is 5.75 Å². The minimum atomic E-state index is -0.938. The van der Waals surface area contributed by atoms with Gasteiger partial charge in [-0.25, -0.2) is 0 Å². The summed E-state index contributed by atoms with van der Waals surface area (Å²) in [5.74, 6) is -0.868. The van der Waals surface area contributed by atoms with Gasteiger partial charge in [0.2, 0.25) is 0 Å². The SMILES string of the molecule is O=C(O)Cc1cccc(I)c1O. The number of carboxylic acids is 1. The summed E-state index contributed by atoms with van der Waals surface area (Å²) in [6.45, 7) is 0. The number of hydrogen-bond donors (Lipinski definition) is 2. The van der Waals surface area contributed by atoms with Gasteiger partial charge in [0.25, 0.3) is 0 Å². The van der Waals surface area contributed by atoms with Crippen LogP contribution in [0.4, 0.5) is 0 Å². The molecular formula is C8H7IO3. The largest absolute Gasteiger partial charge is 0.507 e. The van der Waals surface area contributed by atoms with Gasteiger partial charge < -0.3 is 10.2 Å². The van der Waals surface area contributed by atoms with Crippen LogP contribution in [-0.4, -0.2) is 16.2 Å². The topological polar surface area (TPSA) is 57.5 Å². The Hall–Kier alpha value is -0.780. The van der Waals surface area contributed by atoms with Gasteiger partial charge in [-0.2, -0.15) is 0 Å². The van der Waals surface area contributed by atoms with Crippen molar-refractivity contribution in [3.63, 3.8) is 0 Å². The van der Waals surface area contributed by atoms with Crippen molar-refractivity contribution in [1.29, 1.82) is 0 Å². The van der Waals surface area contributed by atoms with Crippen molar-refractivity contribution in [3.05, 3.63) is 27.3 Å². The van der Waals surface area contributed by atoms with Crippen LogP contribution in [0, 0.1) is 3.57 Å². The number of hydrogen-bond acceptors (Lipinski definition) is 2. The maximum absolute atomic E-state index is 10.3. The van der Waals surface area contributed by atoms with Crippen LogP contribution in [0.1, 0.15) is 5.56 Å². The first-order valence-electron chi connectivity index (χ1n) is 3.29. The Morgan fingerprint density at radius 2 is 2.17 bits per heavy atom. The number of aromatic hydroxyl groups is 1. The molecule has 0 fully saturated rings. The molecule has 0 radical (unpaired) electrons. The molecular weight excluding hydrogens is 271 g/mol. The molecule has 0 bridgehead atoms. The van der Waals surface area contributed by atoms with Crippen LogP contribution in [0.3, 0.4) is 0 Å². The predicted molar refractivity (Wildman–Crippen MR) is 52.2 cm³/mol. The summed E-state index contributed by atoms with van der Waals surface area (Å²) in [5.41, 5.74) is 0.453. The van der Waals surface area contributed by atoms with Crippen molar-refractivity contribution >= 4 is 28.6 Å². The van der Waals surface area contributed by atoms with E-state index in [2.05, 4.69) is 0 Å². The van der Waals surface area contributed by atoms with Gasteiger partial charge in [-0.1, -0.05) is 12.1 Å². The Morgan fingerprint density at radius 3 is 2.75 bits per heavy atom. The van der Waals surface area contributed by atoms with E-state index in [-0.39, 0.29) is 12.2 Å². The fourth-order valence-electron chi connectivity index (χ4n) is 0.866. The summed E-state index contributed by atoms with van der Waals surface area (Å²) in [6, 6.07) is 5.05. The number of carbonyl (C=O) groups is 1. The molecule has 0 atom stereocenters. The molecule has 1 aromatic rings. The second kappa shape index (κ2) is 3.75. The van der Waals surface area contributed by atoms with Crippen LogP contribution in [-0.2, 0) is 11.2 Å². The number of para-hydroxylation sites is 1. The molecule has 3 nitrogen and oxygen atoms in total. The van der Waals surface area contributed by atoms with Gasteiger partial charge in [-0.05, 0) is 28.7 Å². The highest BCUT2D eigenvalue weighted by molar-refractivity contribution is 14.1. The molecule has 0 heterocycles. The molecule has 0 saturated carbocycles. The summed E-state index contributed by atoms with van der Waals surface area (Å²) in [6.07, 6.45) is -0.136. The van der Waals surface area contributed by atoms with Gasteiger partial charge in [-0.15, -0.1) is 0 Å². The summed E-state index contributed by atoms with van der Waals surface area (Å²) in [5, 5.41) is 17.8. The first-order valence-corrected chi connectivity index (χ1v) is 4.37. The van der Waals surface area contributed by atoms with Gasteiger partial charge >= 0.3 is 5.97 Å². The van der Waals surface area contributed by atoms with Gasteiger partial charge in [0, 0.05) is 5.56 Å². The maximum atomic E-state index is 10.3. The van der Waals surface area contributed by atoms with E-state index in [0.29, 0.717) is 9.13 Å². The number of aliphatic carboxylic acids is 1. The molecule has 0 saturated heterocycles. The fraction of sp³-hybridized carbons (Fsp3) is 0.125. The van der Waals surface area contributed by atoms with Crippen molar-refractivity contribution in [1.82, 2.24) is 0 Å². The molecule has 4 heteroatoms. The minimum Gasteiger partial charge on any atom is -0.507 e. The molecule has 0 amide bonds. The van der Waals surface area contributed by atoms with Crippen LogP contribution in [0.5, 0.6) is 5.75 Å². The van der Waals surface area contributed by atoms with Crippen LogP contribution in [0.15, 0.2) is 18.2 Å². The van der Waals surface area contributed by atoms with Crippen LogP contribution < -0.4 is 0 Å². The molecule has 2 N–H and O–H groups in total. The number of carboxylic acid groups (broad SMARTS) is 1. The first kappa shape index (κ1) is 9.31. The van der Waals surface area contributed by atoms with Crippen molar-refractivity contribution in [2.45, 2.75) is 6.42 Å². The summed E-state index contributed by atoms with van der Waals surface area (Å²) >= 11 is 1.95. The smallest absolute Gasteiger partial charge is 0.307 e. The molecule has 12 heavy (non-hydrogen) atoms. The zero-order valence-corrected chi connectivity index (χ0v) is 8.28. The Bertz CT molecular complexity index is 309. The van der Waals surface area contributed by atoms with E-state index in [1.165, 1.54) is 0 Å². The van der Waals surface area contributed by atoms with Crippen LogP contribution in [0.25, 0.3) is 0 Å². The molecule has 1 aromatic carbocycles. The third kappa shape index (κ3) is 2.10. The van der Waals surface area contributed by atoms with E-state index in [1.54, 1.807) is 18.2 Å². The molecule has 0 aliphatic rings. The maximum Gasteiger partial charge on any atom is 0.307 e. The lowest BCUT2D eigenvalue weighted by atomic mass is 10.1. The molecule has 0 spiro atoms. The van der Waals surface area contributed by atoms with E-state index in [0.717, 1.165) is 0 Å². The van der Waals surface area contributed by atoms with E-state index in [9.17, 15) is 9.90 Å². The average Bonchev–Trinajstić information content (AvgIpc) is 1.98. The highest BCUT2D eigenvalue weighted by Crippen LogP contribution is 2.23. The van der Waals surface area contributed by atoms with E-state index >= 15 is 0 Å². The highest BCUT2D eigenvalue weighted by Gasteiger charge is 2.07. The zero-order chi connectivity index (χ0) is 9.14. The second-order valence-electron chi connectivity index (χ2n) is 2.32. The number of benzene rings is 1. The standard InChI is InChI=1S/C8H7IO3/c9-6-3-1-2-5(8(6)12)4-7(10)11/h1-3,12H,4H2,(H,10,11). The van der Waals surface area contributed by atoms with Crippen LogP contribution >= 0.6 is 22.6 Å². The number of rotatable bonds is 2. The Labute approximate surface area is 83.2 Å². The second-order valence-corrected chi connectivity index (χ2v) is 3.48. The number of halogens is 1. The molecule has 0 aromatic heterocycles. The Balaban J connectivity index is 3.00. The predicted octanol–water partition coefficient (Wildman–Crippen LogP) is 1.62. The van der Waals surface area contributed by atoms with E-state index < -0.39 is 5.97 Å². The summed E-state index contributed by atoms with van der Waals surface area (Å²) in [4.78, 5) is 10.3. The van der Waals surface area contributed by atoms with Crippen molar-refractivity contribution in [2.24, 2.45) is 0 Å². The lowest BCUT2D eigenvalue weighted by Gasteiger charge is -2.02. The zero-order valence-electron chi connectivity index (χ0n) is 6.12. The van der Waals surface area contributed by atoms with Gasteiger partial charge in [-0.3, -0.25) is 4.79 Å². The summed E-state index contributed by atoms with van der Waals surface area (Å²) < 4.78 is 0.673. The van der Waals surface area contributed by atoms with Crippen molar-refractivity contribution in [2.75, 3.05) is 0 Å². The molecule has 0 aliphatic carbocycles. The molecule has 0 unspecified atom stereocenters. The summed E-state index contributed by atoms with van der Waals surface area (Å²) in [7, 11) is 0. The third-order valence-corrected chi connectivity index (χ3v) is 2.28. The quantitative estimate of drug-likeness (QED) is 0.808. The number of phenolic OH excluding ortho intramolecular Hbond substituents is 1. The van der Waals surface area contributed by atoms with E-state index in [4.69, 9.17) is 5.11 Å². The van der Waals surface area contributed by atoms with Crippen LogP contribution in [0.2, 0.25) is 0 Å². The normalized spacial score (nSPS) is 9.75. The Morgan fingerprint density at radius 1 is 1.50 bits per heavy atom. The monoisotopic (exact) mass is 278 g/mol. The van der Waals surface area contributed by atoms with Crippen molar-refractivity contribution in [3.8, 4) is 5.75 Å². The molecule has 0 aliphatic heterocycles. The first-order chi connectivity index (χ1) is 5.61. The number of phenols is 1. The minimum absolute atomic E-state index is 0.0699. The highest BCUT2D eigenvalue weighted by atomic mass is 127. The molecule has 1 rings (SSSR count).